The van der Waals surface area contributed by atoms with Crippen LogP contribution in [0.1, 0.15) is 16.8 Å². The van der Waals surface area contributed by atoms with Crippen molar-refractivity contribution < 1.29 is 4.79 Å². The lowest BCUT2D eigenvalue weighted by Gasteiger charge is -2.24. The van der Waals surface area contributed by atoms with E-state index < -0.39 is 0 Å². The molecule has 1 aromatic heterocycles. The first-order chi connectivity index (χ1) is 11.2. The van der Waals surface area contributed by atoms with Crippen LogP contribution in [0.25, 0.3) is 0 Å². The van der Waals surface area contributed by atoms with Crippen LogP contribution < -0.4 is 10.2 Å². The lowest BCUT2D eigenvalue weighted by Crippen LogP contribution is -2.38. The van der Waals surface area contributed by atoms with Crippen molar-refractivity contribution in [2.24, 2.45) is 0 Å². The fourth-order valence-corrected chi connectivity index (χ4v) is 2.83. The van der Waals surface area contributed by atoms with Gasteiger partial charge in [0.25, 0.3) is 5.91 Å². The highest BCUT2D eigenvalue weighted by Gasteiger charge is 2.24. The van der Waals surface area contributed by atoms with Crippen molar-refractivity contribution in [3.05, 3.63) is 54.2 Å². The number of hydrogen-bond acceptors (Lipinski definition) is 4. The first-order valence-electron chi connectivity index (χ1n) is 7.89. The van der Waals surface area contributed by atoms with Gasteiger partial charge in [0.1, 0.15) is 5.82 Å². The van der Waals surface area contributed by atoms with Gasteiger partial charge in [0.15, 0.2) is 0 Å². The minimum absolute atomic E-state index is 0.0279. The van der Waals surface area contributed by atoms with Gasteiger partial charge >= 0.3 is 0 Å². The number of pyridine rings is 1. The summed E-state index contributed by atoms with van der Waals surface area (Å²) in [5.74, 6) is 0.845. The van der Waals surface area contributed by atoms with Crippen LogP contribution in [0.3, 0.4) is 0 Å². The number of carbonyl (C=O) groups is 1. The van der Waals surface area contributed by atoms with Gasteiger partial charge in [0.2, 0.25) is 0 Å². The monoisotopic (exact) mass is 310 g/mol. The summed E-state index contributed by atoms with van der Waals surface area (Å²) in [7, 11) is 3.83. The second-order valence-corrected chi connectivity index (χ2v) is 5.86. The van der Waals surface area contributed by atoms with Gasteiger partial charge in [-0.15, -0.1) is 0 Å². The number of amides is 1. The smallest absolute Gasteiger partial charge is 0.255 e. The van der Waals surface area contributed by atoms with Gasteiger partial charge in [0.05, 0.1) is 5.56 Å². The molecule has 23 heavy (non-hydrogen) atoms. The summed E-state index contributed by atoms with van der Waals surface area (Å²) in [5.41, 5.74) is 1.69. The van der Waals surface area contributed by atoms with E-state index in [1.54, 1.807) is 6.20 Å². The summed E-state index contributed by atoms with van der Waals surface area (Å²) in [5, 5.41) is 3.29. The zero-order chi connectivity index (χ0) is 16.2. The Hall–Kier alpha value is -2.40. The minimum Gasteiger partial charge on any atom is -0.337 e. The molecule has 1 N–H and O–H groups in total. The van der Waals surface area contributed by atoms with Gasteiger partial charge in [-0.05, 0) is 37.2 Å². The maximum Gasteiger partial charge on any atom is 0.255 e. The van der Waals surface area contributed by atoms with Crippen molar-refractivity contribution in [3.8, 4) is 0 Å². The highest BCUT2D eigenvalue weighted by atomic mass is 16.2. The maximum atomic E-state index is 12.5. The molecule has 0 radical (unpaired) electrons. The van der Waals surface area contributed by atoms with Gasteiger partial charge in [0, 0.05) is 38.6 Å². The number of likely N-dealkylation sites (N-methyl/N-ethyl adjacent to an activating group) is 1. The topological polar surface area (TPSA) is 48.5 Å². The molecule has 5 nitrogen and oxygen atoms in total. The molecular formula is C18H22N4O. The predicted octanol–water partition coefficient (Wildman–Crippen LogP) is 2.28. The number of hydrogen-bond donors (Lipinski definition) is 1. The van der Waals surface area contributed by atoms with E-state index in [2.05, 4.69) is 10.3 Å². The van der Waals surface area contributed by atoms with E-state index in [9.17, 15) is 4.79 Å². The van der Waals surface area contributed by atoms with Crippen LogP contribution in [-0.2, 0) is 0 Å². The maximum absolute atomic E-state index is 12.5. The number of nitrogens with one attached hydrogen (secondary N) is 1. The highest BCUT2D eigenvalue weighted by Crippen LogP contribution is 2.21. The third-order valence-corrected chi connectivity index (χ3v) is 4.38. The van der Waals surface area contributed by atoms with Gasteiger partial charge in [-0.25, -0.2) is 4.98 Å². The van der Waals surface area contributed by atoms with Crippen molar-refractivity contribution in [2.45, 2.75) is 12.5 Å². The summed E-state index contributed by atoms with van der Waals surface area (Å²) < 4.78 is 0. The number of para-hydroxylation sites is 1. The van der Waals surface area contributed by atoms with E-state index in [4.69, 9.17) is 0 Å². The second kappa shape index (κ2) is 6.79. The van der Waals surface area contributed by atoms with Crippen LogP contribution in [0.15, 0.2) is 48.7 Å². The predicted molar refractivity (Wildman–Crippen MR) is 92.1 cm³/mol. The fourth-order valence-electron chi connectivity index (χ4n) is 2.83. The van der Waals surface area contributed by atoms with E-state index in [0.717, 1.165) is 31.0 Å². The molecule has 0 aliphatic carbocycles. The second-order valence-electron chi connectivity index (χ2n) is 5.86. The summed E-state index contributed by atoms with van der Waals surface area (Å²) in [6.45, 7) is 1.84. The largest absolute Gasteiger partial charge is 0.337 e. The molecule has 1 unspecified atom stereocenters. The lowest BCUT2D eigenvalue weighted by molar-refractivity contribution is 0.0743. The van der Waals surface area contributed by atoms with E-state index in [0.29, 0.717) is 5.56 Å². The Morgan fingerprint density at radius 2 is 1.96 bits per heavy atom. The number of nitrogens with zero attached hydrogens (tertiary/aromatic N) is 3. The number of benzene rings is 1. The Kier molecular flexibility index (Phi) is 4.57. The van der Waals surface area contributed by atoms with Gasteiger partial charge in [-0.1, -0.05) is 18.2 Å². The van der Waals surface area contributed by atoms with Crippen LogP contribution in [0.2, 0.25) is 0 Å². The van der Waals surface area contributed by atoms with Crippen molar-refractivity contribution in [3.63, 3.8) is 0 Å². The third kappa shape index (κ3) is 3.35. The normalized spacial score (nSPS) is 17.0. The van der Waals surface area contributed by atoms with Crippen molar-refractivity contribution in [2.75, 3.05) is 32.1 Å². The van der Waals surface area contributed by atoms with E-state index in [-0.39, 0.29) is 11.9 Å². The summed E-state index contributed by atoms with van der Waals surface area (Å²) in [6.07, 6.45) is 2.67. The quantitative estimate of drug-likeness (QED) is 0.941. The zero-order valence-electron chi connectivity index (χ0n) is 13.6. The van der Waals surface area contributed by atoms with Crippen LogP contribution in [0, 0.1) is 0 Å². The molecule has 0 saturated carbocycles. The Morgan fingerprint density at radius 3 is 2.57 bits per heavy atom. The number of anilines is 2. The molecule has 2 heterocycles. The van der Waals surface area contributed by atoms with Crippen molar-refractivity contribution in [1.29, 1.82) is 0 Å². The first-order valence-corrected chi connectivity index (χ1v) is 7.89. The van der Waals surface area contributed by atoms with Crippen LogP contribution in [0.4, 0.5) is 11.5 Å². The SMILES string of the molecule is CN(c1ccccc1)c1ccc(C(=O)N(C)C2CCNC2)cn1. The number of aromatic nitrogens is 1. The first kappa shape index (κ1) is 15.5. The molecule has 5 heteroatoms. The third-order valence-electron chi connectivity index (χ3n) is 4.38. The molecule has 1 amide bonds. The van der Waals surface area contributed by atoms with Crippen LogP contribution in [0.5, 0.6) is 0 Å². The Balaban J connectivity index is 1.72. The van der Waals surface area contributed by atoms with Crippen molar-refractivity contribution in [1.82, 2.24) is 15.2 Å². The molecular weight excluding hydrogens is 288 g/mol. The summed E-state index contributed by atoms with van der Waals surface area (Å²) >= 11 is 0. The molecule has 2 aromatic rings. The van der Waals surface area contributed by atoms with Crippen LogP contribution in [-0.4, -0.2) is 49.0 Å². The van der Waals surface area contributed by atoms with Gasteiger partial charge < -0.3 is 15.1 Å². The van der Waals surface area contributed by atoms with Gasteiger partial charge in [-0.3, -0.25) is 4.79 Å². The van der Waals surface area contributed by atoms with Crippen molar-refractivity contribution >= 4 is 17.4 Å². The standard InChI is InChI=1S/C18H22N4O/c1-21(15-6-4-3-5-7-15)17-9-8-14(12-20-17)18(23)22(2)16-10-11-19-13-16/h3-9,12,16,19H,10-11,13H2,1-2H3. The van der Waals surface area contributed by atoms with Gasteiger partial charge in [-0.2, -0.15) is 0 Å². The van der Waals surface area contributed by atoms with E-state index >= 15 is 0 Å². The molecule has 1 aliphatic heterocycles. The van der Waals surface area contributed by atoms with E-state index in [1.165, 1.54) is 0 Å². The highest BCUT2D eigenvalue weighted by molar-refractivity contribution is 5.94. The molecule has 1 aromatic carbocycles. The molecule has 1 fully saturated rings. The number of carbonyl (C=O) groups excluding carboxylic acids is 1. The molecule has 120 valence electrons. The average molecular weight is 310 g/mol. The number of rotatable bonds is 4. The minimum atomic E-state index is 0.0279. The summed E-state index contributed by atoms with van der Waals surface area (Å²) in [6, 6.07) is 14.0. The average Bonchev–Trinajstić information content (AvgIpc) is 3.15. The summed E-state index contributed by atoms with van der Waals surface area (Å²) in [4.78, 5) is 20.8. The molecule has 1 saturated heterocycles. The molecule has 1 atom stereocenters. The zero-order valence-corrected chi connectivity index (χ0v) is 13.6. The Labute approximate surface area is 136 Å². The Bertz CT molecular complexity index is 650. The fraction of sp³-hybridized carbons (Fsp3) is 0.333. The molecule has 1 aliphatic rings. The molecule has 0 bridgehead atoms. The molecule has 3 rings (SSSR count). The van der Waals surface area contributed by atoms with Crippen LogP contribution >= 0.6 is 0 Å². The molecule has 0 spiro atoms. The Morgan fingerprint density at radius 1 is 1.17 bits per heavy atom. The lowest BCUT2D eigenvalue weighted by atomic mass is 10.2. The van der Waals surface area contributed by atoms with E-state index in [1.807, 2.05) is 66.4 Å².